The van der Waals surface area contributed by atoms with Gasteiger partial charge in [-0.05, 0) is 79.2 Å². The summed E-state index contributed by atoms with van der Waals surface area (Å²) in [5.74, 6) is 3.76. The Morgan fingerprint density at radius 2 is 1.55 bits per heavy atom. The molecule has 4 bridgehead atoms. The van der Waals surface area contributed by atoms with Crippen molar-refractivity contribution in [2.75, 3.05) is 11.9 Å². The van der Waals surface area contributed by atoms with Crippen LogP contribution < -0.4 is 5.32 Å². The van der Waals surface area contributed by atoms with E-state index in [1.807, 2.05) is 0 Å². The van der Waals surface area contributed by atoms with Gasteiger partial charge < -0.3 is 5.32 Å². The third kappa shape index (κ3) is 2.89. The second kappa shape index (κ2) is 6.07. The zero-order chi connectivity index (χ0) is 14.4. The fourth-order valence-corrected chi connectivity index (χ4v) is 5.95. The molecular formula is C20H30ClN. The first-order valence-electron chi connectivity index (χ1n) is 8.96. The third-order valence-corrected chi connectivity index (χ3v) is 6.40. The monoisotopic (exact) mass is 319 g/mol. The summed E-state index contributed by atoms with van der Waals surface area (Å²) in [7, 11) is 0. The summed E-state index contributed by atoms with van der Waals surface area (Å²) in [5, 5.41) is 3.85. The van der Waals surface area contributed by atoms with Gasteiger partial charge in [0.15, 0.2) is 0 Å². The number of para-hydroxylation sites is 1. The van der Waals surface area contributed by atoms with E-state index in [0.717, 1.165) is 17.8 Å². The van der Waals surface area contributed by atoms with Crippen molar-refractivity contribution < 1.29 is 0 Å². The Morgan fingerprint density at radius 3 is 2.09 bits per heavy atom. The zero-order valence-electron chi connectivity index (χ0n) is 14.0. The Morgan fingerprint density at radius 1 is 1.00 bits per heavy atom. The molecule has 1 N–H and O–H groups in total. The van der Waals surface area contributed by atoms with Crippen LogP contribution in [0.25, 0.3) is 0 Å². The van der Waals surface area contributed by atoms with E-state index in [1.165, 1.54) is 37.1 Å². The molecule has 0 aromatic heterocycles. The highest BCUT2D eigenvalue weighted by Crippen LogP contribution is 2.59. The van der Waals surface area contributed by atoms with Gasteiger partial charge in [0, 0.05) is 12.2 Å². The molecule has 5 rings (SSSR count). The van der Waals surface area contributed by atoms with Crippen molar-refractivity contribution >= 4 is 18.1 Å². The molecule has 0 heterocycles. The Bertz CT molecular complexity index is 487. The number of hydrogen-bond acceptors (Lipinski definition) is 1. The smallest absolute Gasteiger partial charge is 0.0375 e. The number of nitrogens with one attached hydrogen (secondary N) is 1. The number of hydrogen-bond donors (Lipinski definition) is 1. The predicted molar refractivity (Wildman–Crippen MR) is 96.9 cm³/mol. The summed E-state index contributed by atoms with van der Waals surface area (Å²) < 4.78 is 0. The van der Waals surface area contributed by atoms with Crippen LogP contribution in [0.5, 0.6) is 0 Å². The first-order chi connectivity index (χ1) is 10.1. The van der Waals surface area contributed by atoms with Crippen LogP contribution >= 0.6 is 12.4 Å². The van der Waals surface area contributed by atoms with Gasteiger partial charge in [-0.3, -0.25) is 0 Å². The molecule has 1 aromatic carbocycles. The largest absolute Gasteiger partial charge is 0.384 e. The Balaban J connectivity index is 0.00000144. The predicted octanol–water partition coefficient (Wildman–Crippen LogP) is 5.86. The summed E-state index contributed by atoms with van der Waals surface area (Å²) in [6.45, 7) is 5.80. The molecule has 2 heteroatoms. The molecule has 4 aliphatic rings. The summed E-state index contributed by atoms with van der Waals surface area (Å²) in [4.78, 5) is 0. The highest BCUT2D eigenvalue weighted by molar-refractivity contribution is 5.85. The highest BCUT2D eigenvalue weighted by Gasteiger charge is 2.50. The standard InChI is InChI=1S/C20H29N.ClH/c1-14(2)18-5-3-4-6-19(18)21-13-20-10-15-7-16(11-20)9-17(8-15)12-20;/h3-6,14-17,21H,7-13H2,1-2H3;1H. The van der Waals surface area contributed by atoms with Crippen LogP contribution in [0.15, 0.2) is 24.3 Å². The van der Waals surface area contributed by atoms with Crippen LogP contribution in [-0.4, -0.2) is 6.54 Å². The lowest BCUT2D eigenvalue weighted by molar-refractivity contribution is -0.0444. The molecule has 4 fully saturated rings. The van der Waals surface area contributed by atoms with Crippen LogP contribution in [0.4, 0.5) is 5.69 Å². The average Bonchev–Trinajstić information content (AvgIpc) is 2.44. The van der Waals surface area contributed by atoms with Crippen LogP contribution in [0, 0.1) is 23.2 Å². The summed E-state index contributed by atoms with van der Waals surface area (Å²) in [6.07, 6.45) is 9.12. The first kappa shape index (κ1) is 16.2. The highest BCUT2D eigenvalue weighted by atomic mass is 35.5. The lowest BCUT2D eigenvalue weighted by Gasteiger charge is -2.57. The van der Waals surface area contributed by atoms with Crippen molar-refractivity contribution in [3.05, 3.63) is 29.8 Å². The van der Waals surface area contributed by atoms with Crippen molar-refractivity contribution in [1.29, 1.82) is 0 Å². The summed E-state index contributed by atoms with van der Waals surface area (Å²) in [5.41, 5.74) is 3.48. The lowest BCUT2D eigenvalue weighted by Crippen LogP contribution is -2.49. The van der Waals surface area contributed by atoms with E-state index in [9.17, 15) is 0 Å². The molecule has 0 spiro atoms. The maximum absolute atomic E-state index is 3.85. The number of anilines is 1. The van der Waals surface area contributed by atoms with Crippen molar-refractivity contribution in [2.24, 2.45) is 23.2 Å². The van der Waals surface area contributed by atoms with E-state index >= 15 is 0 Å². The van der Waals surface area contributed by atoms with Gasteiger partial charge in [-0.1, -0.05) is 32.0 Å². The minimum atomic E-state index is 0. The van der Waals surface area contributed by atoms with E-state index < -0.39 is 0 Å². The lowest BCUT2D eigenvalue weighted by atomic mass is 9.49. The molecule has 4 aliphatic carbocycles. The van der Waals surface area contributed by atoms with Crippen LogP contribution in [0.2, 0.25) is 0 Å². The van der Waals surface area contributed by atoms with Crippen molar-refractivity contribution in [3.8, 4) is 0 Å². The quantitative estimate of drug-likeness (QED) is 0.733. The fraction of sp³-hybridized carbons (Fsp3) is 0.700. The van der Waals surface area contributed by atoms with Crippen LogP contribution in [0.3, 0.4) is 0 Å². The third-order valence-electron chi connectivity index (χ3n) is 6.40. The van der Waals surface area contributed by atoms with Gasteiger partial charge >= 0.3 is 0 Å². The molecule has 0 aliphatic heterocycles. The van der Waals surface area contributed by atoms with Crippen LogP contribution in [-0.2, 0) is 0 Å². The van der Waals surface area contributed by atoms with E-state index in [1.54, 1.807) is 19.3 Å². The maximum atomic E-state index is 3.85. The fourth-order valence-electron chi connectivity index (χ4n) is 5.95. The second-order valence-corrected chi connectivity index (χ2v) is 8.51. The number of halogens is 1. The molecule has 0 unspecified atom stereocenters. The minimum absolute atomic E-state index is 0. The molecule has 4 saturated carbocycles. The van der Waals surface area contributed by atoms with Gasteiger partial charge in [0.1, 0.15) is 0 Å². The van der Waals surface area contributed by atoms with Crippen molar-refractivity contribution in [3.63, 3.8) is 0 Å². The molecule has 1 aromatic rings. The SMILES string of the molecule is CC(C)c1ccccc1NCC12CC3CC(CC(C3)C1)C2.Cl. The molecule has 0 radical (unpaired) electrons. The maximum Gasteiger partial charge on any atom is 0.0375 e. The van der Waals surface area contributed by atoms with Crippen molar-refractivity contribution in [2.45, 2.75) is 58.3 Å². The Kier molecular flexibility index (Phi) is 4.47. The summed E-state index contributed by atoms with van der Waals surface area (Å²) >= 11 is 0. The normalized spacial score (nSPS) is 35.5. The zero-order valence-corrected chi connectivity index (χ0v) is 14.8. The van der Waals surface area contributed by atoms with E-state index in [4.69, 9.17) is 0 Å². The van der Waals surface area contributed by atoms with Gasteiger partial charge in [-0.2, -0.15) is 0 Å². The molecular weight excluding hydrogens is 290 g/mol. The number of rotatable bonds is 4. The van der Waals surface area contributed by atoms with Gasteiger partial charge in [-0.25, -0.2) is 0 Å². The van der Waals surface area contributed by atoms with Gasteiger partial charge in [0.2, 0.25) is 0 Å². The Hall–Kier alpha value is -0.690. The topological polar surface area (TPSA) is 12.0 Å². The number of benzene rings is 1. The second-order valence-electron chi connectivity index (χ2n) is 8.51. The molecule has 122 valence electrons. The van der Waals surface area contributed by atoms with Gasteiger partial charge in [0.25, 0.3) is 0 Å². The first-order valence-corrected chi connectivity index (χ1v) is 8.96. The van der Waals surface area contributed by atoms with Crippen molar-refractivity contribution in [1.82, 2.24) is 0 Å². The molecule has 0 atom stereocenters. The van der Waals surface area contributed by atoms with E-state index in [2.05, 4.69) is 43.4 Å². The minimum Gasteiger partial charge on any atom is -0.384 e. The molecule has 22 heavy (non-hydrogen) atoms. The van der Waals surface area contributed by atoms with E-state index in [-0.39, 0.29) is 12.4 Å². The molecule has 0 saturated heterocycles. The summed E-state index contributed by atoms with van der Waals surface area (Å²) in [6, 6.07) is 8.90. The molecule has 0 amide bonds. The Labute approximate surface area is 141 Å². The average molecular weight is 320 g/mol. The van der Waals surface area contributed by atoms with Crippen LogP contribution in [0.1, 0.15) is 63.9 Å². The van der Waals surface area contributed by atoms with E-state index in [0.29, 0.717) is 11.3 Å². The van der Waals surface area contributed by atoms with Gasteiger partial charge in [0.05, 0.1) is 0 Å². The van der Waals surface area contributed by atoms with Gasteiger partial charge in [-0.15, -0.1) is 12.4 Å². The molecule has 1 nitrogen and oxygen atoms in total.